The number of nitrogens with one attached hydrogen (secondary N) is 2. The third-order valence-electron chi connectivity index (χ3n) is 5.81. The topological polar surface area (TPSA) is 71.8 Å². The Morgan fingerprint density at radius 2 is 1.82 bits per heavy atom. The molecule has 8 heteroatoms. The summed E-state index contributed by atoms with van der Waals surface area (Å²) in [5.41, 5.74) is 1.50. The van der Waals surface area contributed by atoms with Crippen molar-refractivity contribution in [3.63, 3.8) is 0 Å². The summed E-state index contributed by atoms with van der Waals surface area (Å²) >= 11 is 6.04. The Kier molecular flexibility index (Phi) is 7.32. The van der Waals surface area contributed by atoms with Gasteiger partial charge in [-0.25, -0.2) is 4.68 Å². The maximum atomic E-state index is 12.9. The lowest BCUT2D eigenvalue weighted by Crippen LogP contribution is -2.33. The molecular weight excluding hydrogens is 397 g/mol. The van der Waals surface area contributed by atoms with Gasteiger partial charge in [-0.2, -0.15) is 0 Å². The molecule has 1 unspecified atom stereocenters. The summed E-state index contributed by atoms with van der Waals surface area (Å²) in [5.74, 6) is 0.302. The normalized spacial score (nSPS) is 19.2. The third-order valence-corrected chi connectivity index (χ3v) is 6.06. The molecule has 1 atom stereocenters. The van der Waals surface area contributed by atoms with Crippen LogP contribution in [0.4, 0.5) is 0 Å². The summed E-state index contributed by atoms with van der Waals surface area (Å²) < 4.78 is 1.85. The molecule has 1 amide bonds. The number of rotatable bonds is 5. The van der Waals surface area contributed by atoms with Crippen molar-refractivity contribution in [1.29, 1.82) is 0 Å². The van der Waals surface area contributed by atoms with Crippen molar-refractivity contribution < 1.29 is 4.79 Å². The summed E-state index contributed by atoms with van der Waals surface area (Å²) in [4.78, 5) is 12.9. The van der Waals surface area contributed by atoms with Gasteiger partial charge in [-0.15, -0.1) is 17.5 Å². The van der Waals surface area contributed by atoms with Crippen molar-refractivity contribution in [2.45, 2.75) is 50.6 Å². The lowest BCUT2D eigenvalue weighted by atomic mass is 9.91. The summed E-state index contributed by atoms with van der Waals surface area (Å²) in [6, 6.07) is 8.11. The van der Waals surface area contributed by atoms with E-state index in [-0.39, 0.29) is 24.4 Å². The monoisotopic (exact) mass is 423 g/mol. The quantitative estimate of drug-likeness (QED) is 0.763. The van der Waals surface area contributed by atoms with Crippen molar-refractivity contribution in [3.8, 4) is 0 Å². The van der Waals surface area contributed by atoms with Crippen LogP contribution in [0, 0.1) is 5.92 Å². The Labute approximate surface area is 176 Å². The number of piperidine rings is 1. The van der Waals surface area contributed by atoms with Crippen LogP contribution in [0.25, 0.3) is 0 Å². The Hall–Kier alpha value is -1.63. The highest BCUT2D eigenvalue weighted by Gasteiger charge is 2.29. The van der Waals surface area contributed by atoms with Crippen molar-refractivity contribution >= 4 is 29.9 Å². The molecule has 2 aromatic rings. The molecule has 4 rings (SSSR count). The molecule has 1 saturated heterocycles. The van der Waals surface area contributed by atoms with Gasteiger partial charge in [-0.1, -0.05) is 41.8 Å². The Morgan fingerprint density at radius 3 is 2.50 bits per heavy atom. The fraction of sp³-hybridized carbons (Fsp3) is 0.550. The van der Waals surface area contributed by atoms with E-state index in [0.29, 0.717) is 22.7 Å². The van der Waals surface area contributed by atoms with Crippen molar-refractivity contribution in [1.82, 2.24) is 25.6 Å². The minimum Gasteiger partial charge on any atom is -0.344 e. The molecule has 2 fully saturated rings. The van der Waals surface area contributed by atoms with E-state index in [0.717, 1.165) is 44.3 Å². The standard InChI is InChI=1S/C20H26ClN5O.ClH/c21-16-7-5-15(6-8-16)19(14-3-1-2-4-14)23-20(27)18-13-26(25-24-18)17-9-11-22-12-10-17;/h5-8,13-14,17,19,22H,1-4,9-12H2,(H,23,27);1H. The van der Waals surface area contributed by atoms with Gasteiger partial charge < -0.3 is 10.6 Å². The molecule has 1 aromatic carbocycles. The van der Waals surface area contributed by atoms with E-state index in [1.54, 1.807) is 6.20 Å². The van der Waals surface area contributed by atoms with Gasteiger partial charge in [0.05, 0.1) is 18.3 Å². The van der Waals surface area contributed by atoms with Gasteiger partial charge in [0.15, 0.2) is 5.69 Å². The van der Waals surface area contributed by atoms with Gasteiger partial charge in [-0.3, -0.25) is 4.79 Å². The van der Waals surface area contributed by atoms with Crippen LogP contribution in [0.2, 0.25) is 5.02 Å². The first-order chi connectivity index (χ1) is 13.2. The number of benzene rings is 1. The number of aromatic nitrogens is 3. The highest BCUT2D eigenvalue weighted by Crippen LogP contribution is 2.36. The number of hydrogen-bond acceptors (Lipinski definition) is 4. The summed E-state index contributed by atoms with van der Waals surface area (Å²) in [6.07, 6.45) is 8.52. The smallest absolute Gasteiger partial charge is 0.273 e. The number of carbonyl (C=O) groups is 1. The lowest BCUT2D eigenvalue weighted by molar-refractivity contribution is 0.0916. The van der Waals surface area contributed by atoms with Crippen LogP contribution in [-0.4, -0.2) is 34.0 Å². The van der Waals surface area contributed by atoms with E-state index in [4.69, 9.17) is 11.6 Å². The third kappa shape index (κ3) is 4.85. The average molecular weight is 424 g/mol. The molecule has 6 nitrogen and oxygen atoms in total. The molecular formula is C20H27Cl2N5O. The van der Waals surface area contributed by atoms with Crippen LogP contribution in [0.5, 0.6) is 0 Å². The van der Waals surface area contributed by atoms with Crippen LogP contribution < -0.4 is 10.6 Å². The fourth-order valence-electron chi connectivity index (χ4n) is 4.28. The average Bonchev–Trinajstić information content (AvgIpc) is 3.40. The van der Waals surface area contributed by atoms with Gasteiger partial charge in [0, 0.05) is 5.02 Å². The second kappa shape index (κ2) is 9.72. The zero-order chi connectivity index (χ0) is 18.6. The highest BCUT2D eigenvalue weighted by molar-refractivity contribution is 6.30. The van der Waals surface area contributed by atoms with Gasteiger partial charge in [0.25, 0.3) is 5.91 Å². The molecule has 0 bridgehead atoms. The van der Waals surface area contributed by atoms with Gasteiger partial charge in [-0.05, 0) is 62.4 Å². The van der Waals surface area contributed by atoms with Crippen molar-refractivity contribution in [3.05, 3.63) is 46.7 Å². The number of nitrogens with zero attached hydrogens (tertiary/aromatic N) is 3. The summed E-state index contributed by atoms with van der Waals surface area (Å²) in [5, 5.41) is 15.6. The summed E-state index contributed by atoms with van der Waals surface area (Å²) in [7, 11) is 0. The lowest BCUT2D eigenvalue weighted by Gasteiger charge is -2.25. The maximum Gasteiger partial charge on any atom is 0.273 e. The Balaban J connectivity index is 0.00000225. The van der Waals surface area contributed by atoms with Gasteiger partial charge in [0.2, 0.25) is 0 Å². The molecule has 28 heavy (non-hydrogen) atoms. The predicted molar refractivity (Wildman–Crippen MR) is 112 cm³/mol. The molecule has 1 aromatic heterocycles. The molecule has 2 aliphatic rings. The zero-order valence-electron chi connectivity index (χ0n) is 15.8. The molecule has 152 valence electrons. The first-order valence-electron chi connectivity index (χ1n) is 9.89. The SMILES string of the molecule is Cl.O=C(NC(c1ccc(Cl)cc1)C1CCCC1)c1cn(C2CCNCC2)nn1. The van der Waals surface area contributed by atoms with E-state index in [1.165, 1.54) is 12.8 Å². The predicted octanol–water partition coefficient (Wildman–Crippen LogP) is 3.94. The van der Waals surface area contributed by atoms with E-state index in [2.05, 4.69) is 20.9 Å². The maximum absolute atomic E-state index is 12.9. The van der Waals surface area contributed by atoms with Crippen LogP contribution in [0.15, 0.2) is 30.5 Å². The number of hydrogen-bond donors (Lipinski definition) is 2. The number of amides is 1. The van der Waals surface area contributed by atoms with Crippen LogP contribution in [-0.2, 0) is 0 Å². The molecule has 2 N–H and O–H groups in total. The molecule has 0 radical (unpaired) electrons. The van der Waals surface area contributed by atoms with Gasteiger partial charge in [0.1, 0.15) is 0 Å². The van der Waals surface area contributed by atoms with Crippen molar-refractivity contribution in [2.24, 2.45) is 5.92 Å². The van der Waals surface area contributed by atoms with Crippen LogP contribution in [0.1, 0.15) is 66.7 Å². The van der Waals surface area contributed by atoms with E-state index in [1.807, 2.05) is 28.9 Å². The molecule has 2 heterocycles. The van der Waals surface area contributed by atoms with E-state index < -0.39 is 0 Å². The number of carbonyl (C=O) groups excluding carboxylic acids is 1. The fourth-order valence-corrected chi connectivity index (χ4v) is 4.41. The van der Waals surface area contributed by atoms with Crippen LogP contribution >= 0.6 is 24.0 Å². The molecule has 1 aliphatic carbocycles. The van der Waals surface area contributed by atoms with E-state index in [9.17, 15) is 4.79 Å². The minimum absolute atomic E-state index is 0. The Morgan fingerprint density at radius 1 is 1.14 bits per heavy atom. The molecule has 1 aliphatic heterocycles. The zero-order valence-corrected chi connectivity index (χ0v) is 17.4. The summed E-state index contributed by atoms with van der Waals surface area (Å²) in [6.45, 7) is 1.96. The second-order valence-electron chi connectivity index (χ2n) is 7.61. The largest absolute Gasteiger partial charge is 0.344 e. The second-order valence-corrected chi connectivity index (χ2v) is 8.05. The van der Waals surface area contributed by atoms with Gasteiger partial charge >= 0.3 is 0 Å². The Bertz CT molecular complexity index is 767. The first-order valence-corrected chi connectivity index (χ1v) is 10.3. The molecule has 1 saturated carbocycles. The van der Waals surface area contributed by atoms with Crippen molar-refractivity contribution in [2.75, 3.05) is 13.1 Å². The van der Waals surface area contributed by atoms with E-state index >= 15 is 0 Å². The van der Waals surface area contributed by atoms with Crippen LogP contribution in [0.3, 0.4) is 0 Å². The number of halogens is 2. The minimum atomic E-state index is -0.151. The highest BCUT2D eigenvalue weighted by atomic mass is 35.5. The molecule has 0 spiro atoms. The first kappa shape index (κ1) is 21.1.